The number of ether oxygens (including phenoxy) is 1. The third-order valence-corrected chi connectivity index (χ3v) is 4.36. The number of methoxy groups -OCH3 is 1. The number of carbonyl (C=O) groups is 2. The minimum absolute atomic E-state index is 0.0797. The number of thioether (sulfide) groups is 1. The normalized spacial score (nSPS) is 11.8. The molecule has 23 heavy (non-hydrogen) atoms. The van der Waals surface area contributed by atoms with Gasteiger partial charge in [-0.2, -0.15) is 0 Å². The summed E-state index contributed by atoms with van der Waals surface area (Å²) < 4.78 is 17.8. The Labute approximate surface area is 138 Å². The number of halogens is 1. The fraction of sp³-hybridized carbons (Fsp3) is 0.222. The molecule has 0 bridgehead atoms. The van der Waals surface area contributed by atoms with E-state index in [0.29, 0.717) is 11.1 Å². The summed E-state index contributed by atoms with van der Waals surface area (Å²) in [6.45, 7) is 0. The van der Waals surface area contributed by atoms with Crippen molar-refractivity contribution in [2.45, 2.75) is 17.2 Å². The van der Waals surface area contributed by atoms with Crippen molar-refractivity contribution in [1.29, 1.82) is 0 Å². The smallest absolute Gasteiger partial charge is 0.306 e. The molecule has 0 aliphatic rings. The Morgan fingerprint density at radius 3 is 2.39 bits per heavy atom. The SMILES string of the molecule is COC(=O)CC(C(=O)c1ccccc1SC)c1ccc(F)cc1. The molecule has 0 heterocycles. The molecule has 120 valence electrons. The second-order valence-electron chi connectivity index (χ2n) is 4.95. The fourth-order valence-electron chi connectivity index (χ4n) is 2.34. The van der Waals surface area contributed by atoms with Gasteiger partial charge in [-0.1, -0.05) is 30.3 Å². The van der Waals surface area contributed by atoms with Crippen LogP contribution in [0.3, 0.4) is 0 Å². The first-order valence-corrected chi connectivity index (χ1v) is 8.28. The zero-order valence-electron chi connectivity index (χ0n) is 12.9. The first-order valence-electron chi connectivity index (χ1n) is 7.06. The van der Waals surface area contributed by atoms with Crippen molar-refractivity contribution in [3.05, 3.63) is 65.5 Å². The lowest BCUT2D eigenvalue weighted by molar-refractivity contribution is -0.140. The first-order chi connectivity index (χ1) is 11.1. The molecule has 3 nitrogen and oxygen atoms in total. The Kier molecular flexibility index (Phi) is 5.93. The lowest BCUT2D eigenvalue weighted by atomic mass is 9.88. The van der Waals surface area contributed by atoms with Gasteiger partial charge in [0.15, 0.2) is 5.78 Å². The molecule has 0 spiro atoms. The highest BCUT2D eigenvalue weighted by Crippen LogP contribution is 2.29. The van der Waals surface area contributed by atoms with E-state index >= 15 is 0 Å². The molecule has 0 amide bonds. The van der Waals surface area contributed by atoms with Gasteiger partial charge in [0, 0.05) is 10.5 Å². The van der Waals surface area contributed by atoms with Gasteiger partial charge in [-0.05, 0) is 30.0 Å². The zero-order valence-corrected chi connectivity index (χ0v) is 13.7. The summed E-state index contributed by atoms with van der Waals surface area (Å²) in [6.07, 6.45) is 1.81. The van der Waals surface area contributed by atoms with Crippen LogP contribution in [0.5, 0.6) is 0 Å². The number of hydrogen-bond acceptors (Lipinski definition) is 4. The van der Waals surface area contributed by atoms with Gasteiger partial charge in [0.2, 0.25) is 0 Å². The van der Waals surface area contributed by atoms with E-state index in [1.54, 1.807) is 12.1 Å². The highest BCUT2D eigenvalue weighted by atomic mass is 32.2. The van der Waals surface area contributed by atoms with Gasteiger partial charge >= 0.3 is 5.97 Å². The van der Waals surface area contributed by atoms with Crippen LogP contribution < -0.4 is 0 Å². The van der Waals surface area contributed by atoms with E-state index in [9.17, 15) is 14.0 Å². The van der Waals surface area contributed by atoms with Crippen LogP contribution in [0, 0.1) is 5.82 Å². The number of rotatable bonds is 6. The van der Waals surface area contributed by atoms with Crippen molar-refractivity contribution in [3.8, 4) is 0 Å². The van der Waals surface area contributed by atoms with E-state index in [2.05, 4.69) is 0 Å². The minimum Gasteiger partial charge on any atom is -0.469 e. The lowest BCUT2D eigenvalue weighted by Crippen LogP contribution is -2.18. The maximum absolute atomic E-state index is 13.1. The molecule has 1 atom stereocenters. The standard InChI is InChI=1S/C18H17FO3S/c1-22-17(20)11-15(12-7-9-13(19)10-8-12)18(21)14-5-3-4-6-16(14)23-2/h3-10,15H,11H2,1-2H3. The highest BCUT2D eigenvalue weighted by molar-refractivity contribution is 7.98. The molecule has 0 fully saturated rings. The fourth-order valence-corrected chi connectivity index (χ4v) is 2.95. The van der Waals surface area contributed by atoms with Crippen LogP contribution in [0.15, 0.2) is 53.4 Å². The Balaban J connectivity index is 2.42. The van der Waals surface area contributed by atoms with Gasteiger partial charge in [0.1, 0.15) is 5.82 Å². The third-order valence-electron chi connectivity index (χ3n) is 3.56. The minimum atomic E-state index is -0.698. The average Bonchev–Trinajstić information content (AvgIpc) is 2.59. The number of carbonyl (C=O) groups excluding carboxylic acids is 2. The summed E-state index contributed by atoms with van der Waals surface area (Å²) in [5, 5.41) is 0. The molecule has 0 aliphatic heterocycles. The van der Waals surface area contributed by atoms with E-state index in [1.807, 2.05) is 18.4 Å². The molecular formula is C18H17FO3S. The van der Waals surface area contributed by atoms with Gasteiger partial charge < -0.3 is 4.74 Å². The number of ketones is 1. The molecule has 0 aliphatic carbocycles. The van der Waals surface area contributed by atoms with Crippen molar-refractivity contribution < 1.29 is 18.7 Å². The van der Waals surface area contributed by atoms with Crippen molar-refractivity contribution in [2.24, 2.45) is 0 Å². The van der Waals surface area contributed by atoms with Crippen molar-refractivity contribution in [1.82, 2.24) is 0 Å². The summed E-state index contributed by atoms with van der Waals surface area (Å²) in [4.78, 5) is 25.5. The van der Waals surface area contributed by atoms with Gasteiger partial charge in [-0.25, -0.2) is 4.39 Å². The van der Waals surface area contributed by atoms with Crippen molar-refractivity contribution in [2.75, 3.05) is 13.4 Å². The van der Waals surface area contributed by atoms with E-state index in [-0.39, 0.29) is 18.0 Å². The van der Waals surface area contributed by atoms with Crippen LogP contribution in [0.2, 0.25) is 0 Å². The molecule has 0 N–H and O–H groups in total. The van der Waals surface area contributed by atoms with Gasteiger partial charge in [-0.15, -0.1) is 11.8 Å². The maximum Gasteiger partial charge on any atom is 0.306 e. The van der Waals surface area contributed by atoms with Gasteiger partial charge in [-0.3, -0.25) is 9.59 Å². The van der Waals surface area contributed by atoms with Crippen LogP contribution in [0.25, 0.3) is 0 Å². The Morgan fingerprint density at radius 2 is 1.78 bits per heavy atom. The van der Waals surface area contributed by atoms with E-state index in [1.165, 1.54) is 43.1 Å². The predicted molar refractivity (Wildman–Crippen MR) is 88.3 cm³/mol. The second kappa shape index (κ2) is 7.92. The second-order valence-corrected chi connectivity index (χ2v) is 5.80. The zero-order chi connectivity index (χ0) is 16.8. The van der Waals surface area contributed by atoms with E-state index in [0.717, 1.165) is 4.90 Å². The monoisotopic (exact) mass is 332 g/mol. The molecule has 2 aromatic rings. The Bertz CT molecular complexity index is 698. The summed E-state index contributed by atoms with van der Waals surface area (Å²) in [7, 11) is 1.28. The summed E-state index contributed by atoms with van der Waals surface area (Å²) in [6, 6.07) is 12.9. The molecule has 0 saturated heterocycles. The number of Topliss-reactive ketones (excluding diaryl/α,β-unsaturated/α-hetero) is 1. The predicted octanol–water partition coefficient (Wildman–Crippen LogP) is 4.08. The summed E-state index contributed by atoms with van der Waals surface area (Å²) in [5.41, 5.74) is 1.15. The number of benzene rings is 2. The van der Waals surface area contributed by atoms with Crippen molar-refractivity contribution >= 4 is 23.5 Å². The molecule has 0 radical (unpaired) electrons. The van der Waals surface area contributed by atoms with Crippen LogP contribution in [0.4, 0.5) is 4.39 Å². The quantitative estimate of drug-likeness (QED) is 0.454. The molecular weight excluding hydrogens is 315 g/mol. The summed E-state index contributed by atoms with van der Waals surface area (Å²) >= 11 is 1.47. The van der Waals surface area contributed by atoms with E-state index in [4.69, 9.17) is 4.74 Å². The molecule has 2 aromatic carbocycles. The van der Waals surface area contributed by atoms with Crippen LogP contribution in [-0.4, -0.2) is 25.1 Å². The largest absolute Gasteiger partial charge is 0.469 e. The summed E-state index contributed by atoms with van der Waals surface area (Å²) in [5.74, 6) is -1.74. The van der Waals surface area contributed by atoms with E-state index < -0.39 is 11.9 Å². The molecule has 0 saturated carbocycles. The van der Waals surface area contributed by atoms with Gasteiger partial charge in [0.05, 0.1) is 19.4 Å². The Morgan fingerprint density at radius 1 is 1.13 bits per heavy atom. The highest BCUT2D eigenvalue weighted by Gasteiger charge is 2.26. The van der Waals surface area contributed by atoms with Crippen molar-refractivity contribution in [3.63, 3.8) is 0 Å². The lowest BCUT2D eigenvalue weighted by Gasteiger charge is -2.17. The third kappa shape index (κ3) is 4.20. The van der Waals surface area contributed by atoms with Crippen LogP contribution >= 0.6 is 11.8 Å². The number of hydrogen-bond donors (Lipinski definition) is 0. The first kappa shape index (κ1) is 17.2. The van der Waals surface area contributed by atoms with Crippen LogP contribution in [-0.2, 0) is 9.53 Å². The molecule has 5 heteroatoms. The molecule has 2 rings (SSSR count). The van der Waals surface area contributed by atoms with Crippen LogP contribution in [0.1, 0.15) is 28.3 Å². The topological polar surface area (TPSA) is 43.4 Å². The average molecular weight is 332 g/mol. The maximum atomic E-state index is 13.1. The molecule has 1 unspecified atom stereocenters. The molecule has 0 aromatic heterocycles. The van der Waals surface area contributed by atoms with Gasteiger partial charge in [0.25, 0.3) is 0 Å². The Hall–Kier alpha value is -2.14. The number of esters is 1.